The molecule has 0 aliphatic rings. The van der Waals surface area contributed by atoms with E-state index >= 15 is 0 Å². The zero-order valence-electron chi connectivity index (χ0n) is 11.8. The van der Waals surface area contributed by atoms with Gasteiger partial charge in [-0.3, -0.25) is 9.59 Å². The van der Waals surface area contributed by atoms with Gasteiger partial charge in [-0.2, -0.15) is 11.3 Å². The van der Waals surface area contributed by atoms with E-state index in [4.69, 9.17) is 0 Å². The average molecular weight is 302 g/mol. The molecule has 4 nitrogen and oxygen atoms in total. The topological polar surface area (TPSA) is 58.2 Å². The first-order chi connectivity index (χ1) is 10.2. The lowest BCUT2D eigenvalue weighted by Gasteiger charge is -2.11. The molecule has 1 atom stereocenters. The molecule has 0 bridgehead atoms. The van der Waals surface area contributed by atoms with Crippen LogP contribution in [-0.2, 0) is 4.79 Å². The lowest BCUT2D eigenvalue weighted by atomic mass is 10.1. The van der Waals surface area contributed by atoms with Gasteiger partial charge in [0, 0.05) is 12.1 Å². The molecule has 21 heavy (non-hydrogen) atoms. The lowest BCUT2D eigenvalue weighted by Crippen LogP contribution is -2.38. The van der Waals surface area contributed by atoms with Crippen molar-refractivity contribution in [3.05, 3.63) is 58.3 Å². The van der Waals surface area contributed by atoms with Gasteiger partial charge < -0.3 is 10.6 Å². The Labute approximate surface area is 128 Å². The highest BCUT2D eigenvalue weighted by Gasteiger charge is 2.10. The van der Waals surface area contributed by atoms with Crippen molar-refractivity contribution in [3.63, 3.8) is 0 Å². The van der Waals surface area contributed by atoms with Crippen LogP contribution in [0.15, 0.2) is 47.2 Å². The van der Waals surface area contributed by atoms with E-state index in [0.29, 0.717) is 12.1 Å². The number of carbonyl (C=O) groups excluding carboxylic acids is 2. The molecule has 0 saturated heterocycles. The Balaban J connectivity index is 1.71. The van der Waals surface area contributed by atoms with Crippen LogP contribution in [0.4, 0.5) is 0 Å². The molecule has 0 radical (unpaired) electrons. The molecule has 0 unspecified atom stereocenters. The largest absolute Gasteiger partial charge is 0.354 e. The van der Waals surface area contributed by atoms with Gasteiger partial charge in [0.25, 0.3) is 5.91 Å². The molecule has 0 fully saturated rings. The summed E-state index contributed by atoms with van der Waals surface area (Å²) >= 11 is 1.64. The van der Waals surface area contributed by atoms with Crippen LogP contribution in [-0.4, -0.2) is 24.9 Å². The van der Waals surface area contributed by atoms with Crippen LogP contribution in [0.2, 0.25) is 0 Å². The summed E-state index contributed by atoms with van der Waals surface area (Å²) < 4.78 is 0. The highest BCUT2D eigenvalue weighted by atomic mass is 32.1. The number of hydrogen-bond acceptors (Lipinski definition) is 3. The molecule has 0 aliphatic carbocycles. The van der Waals surface area contributed by atoms with Gasteiger partial charge in [-0.15, -0.1) is 0 Å². The summed E-state index contributed by atoms with van der Waals surface area (Å²) in [5, 5.41) is 9.54. The third-order valence-corrected chi connectivity index (χ3v) is 3.86. The summed E-state index contributed by atoms with van der Waals surface area (Å²) in [6.45, 7) is 2.62. The standard InChI is InChI=1S/C16H18N2O2S/c1-12(14-7-8-21-11-14)9-17-15(19)10-18-16(20)13-5-3-2-4-6-13/h2-8,11-12H,9-10H2,1H3,(H,17,19)(H,18,20)/t12-/m1/s1. The molecule has 1 aromatic heterocycles. The van der Waals surface area contributed by atoms with Crippen LogP contribution in [0.1, 0.15) is 28.8 Å². The second kappa shape index (κ2) is 7.59. The van der Waals surface area contributed by atoms with Crippen molar-refractivity contribution in [2.24, 2.45) is 0 Å². The van der Waals surface area contributed by atoms with Crippen LogP contribution in [0, 0.1) is 0 Å². The van der Waals surface area contributed by atoms with E-state index in [1.807, 2.05) is 11.4 Å². The number of benzene rings is 1. The SMILES string of the molecule is C[C@H](CNC(=O)CNC(=O)c1ccccc1)c1ccsc1. The van der Waals surface area contributed by atoms with Crippen molar-refractivity contribution in [3.8, 4) is 0 Å². The third-order valence-electron chi connectivity index (χ3n) is 3.16. The van der Waals surface area contributed by atoms with E-state index in [9.17, 15) is 9.59 Å². The molecular weight excluding hydrogens is 284 g/mol. The summed E-state index contributed by atoms with van der Waals surface area (Å²) in [4.78, 5) is 23.5. The van der Waals surface area contributed by atoms with E-state index in [1.165, 1.54) is 5.56 Å². The Morgan fingerprint density at radius 3 is 2.57 bits per heavy atom. The fraction of sp³-hybridized carbons (Fsp3) is 0.250. The quantitative estimate of drug-likeness (QED) is 0.861. The van der Waals surface area contributed by atoms with E-state index in [2.05, 4.69) is 29.0 Å². The number of carbonyl (C=O) groups is 2. The molecule has 2 amide bonds. The molecule has 5 heteroatoms. The maximum absolute atomic E-state index is 11.8. The zero-order valence-corrected chi connectivity index (χ0v) is 12.7. The minimum absolute atomic E-state index is 0.00984. The van der Waals surface area contributed by atoms with E-state index in [1.54, 1.807) is 35.6 Å². The minimum atomic E-state index is -0.239. The summed E-state index contributed by atoms with van der Waals surface area (Å²) in [5.41, 5.74) is 1.77. The van der Waals surface area contributed by atoms with E-state index < -0.39 is 0 Å². The normalized spacial score (nSPS) is 11.7. The molecule has 0 aliphatic heterocycles. The predicted molar refractivity (Wildman–Crippen MR) is 84.5 cm³/mol. The minimum Gasteiger partial charge on any atom is -0.354 e. The van der Waals surface area contributed by atoms with Crippen LogP contribution in [0.3, 0.4) is 0 Å². The molecular formula is C16H18N2O2S. The predicted octanol–water partition coefficient (Wildman–Crippen LogP) is 2.40. The molecule has 2 rings (SSSR count). The summed E-state index contributed by atoms with van der Waals surface area (Å²) in [6, 6.07) is 10.9. The fourth-order valence-corrected chi connectivity index (χ4v) is 2.64. The number of rotatable bonds is 6. The van der Waals surface area contributed by atoms with Crippen molar-refractivity contribution in [1.82, 2.24) is 10.6 Å². The number of amides is 2. The van der Waals surface area contributed by atoms with Gasteiger partial charge in [-0.05, 0) is 40.4 Å². The van der Waals surface area contributed by atoms with Gasteiger partial charge in [0.2, 0.25) is 5.91 Å². The maximum Gasteiger partial charge on any atom is 0.251 e. The summed E-state index contributed by atoms with van der Waals surface area (Å²) in [5.74, 6) is -0.150. The molecule has 110 valence electrons. The van der Waals surface area contributed by atoms with Crippen LogP contribution >= 0.6 is 11.3 Å². The summed E-state index contributed by atoms with van der Waals surface area (Å²) in [7, 11) is 0. The van der Waals surface area contributed by atoms with Crippen LogP contribution in [0.25, 0.3) is 0 Å². The van der Waals surface area contributed by atoms with Gasteiger partial charge in [0.1, 0.15) is 0 Å². The Hall–Kier alpha value is -2.14. The third kappa shape index (κ3) is 4.72. The molecule has 0 saturated carbocycles. The summed E-state index contributed by atoms with van der Waals surface area (Å²) in [6.07, 6.45) is 0. The van der Waals surface area contributed by atoms with Gasteiger partial charge in [0.15, 0.2) is 0 Å². The van der Waals surface area contributed by atoms with Gasteiger partial charge in [-0.1, -0.05) is 25.1 Å². The van der Waals surface area contributed by atoms with E-state index in [0.717, 1.165) is 0 Å². The Morgan fingerprint density at radius 2 is 1.90 bits per heavy atom. The van der Waals surface area contributed by atoms with Crippen molar-refractivity contribution in [2.75, 3.05) is 13.1 Å². The first-order valence-electron chi connectivity index (χ1n) is 6.79. The Morgan fingerprint density at radius 1 is 1.14 bits per heavy atom. The highest BCUT2D eigenvalue weighted by Crippen LogP contribution is 2.16. The van der Waals surface area contributed by atoms with Gasteiger partial charge >= 0.3 is 0 Å². The Kier molecular flexibility index (Phi) is 5.51. The first-order valence-corrected chi connectivity index (χ1v) is 7.73. The monoisotopic (exact) mass is 302 g/mol. The Bertz CT molecular complexity index is 582. The second-order valence-corrected chi connectivity index (χ2v) is 5.59. The van der Waals surface area contributed by atoms with Crippen molar-refractivity contribution in [2.45, 2.75) is 12.8 Å². The smallest absolute Gasteiger partial charge is 0.251 e. The second-order valence-electron chi connectivity index (χ2n) is 4.81. The molecule has 1 heterocycles. The van der Waals surface area contributed by atoms with Crippen LogP contribution in [0.5, 0.6) is 0 Å². The van der Waals surface area contributed by atoms with Crippen molar-refractivity contribution >= 4 is 23.2 Å². The average Bonchev–Trinajstić information content (AvgIpc) is 3.05. The highest BCUT2D eigenvalue weighted by molar-refractivity contribution is 7.07. The molecule has 2 N–H and O–H groups in total. The van der Waals surface area contributed by atoms with Gasteiger partial charge in [-0.25, -0.2) is 0 Å². The van der Waals surface area contributed by atoms with Gasteiger partial charge in [0.05, 0.1) is 6.54 Å². The van der Waals surface area contributed by atoms with E-state index in [-0.39, 0.29) is 24.3 Å². The molecule has 1 aromatic carbocycles. The van der Waals surface area contributed by atoms with Crippen molar-refractivity contribution < 1.29 is 9.59 Å². The lowest BCUT2D eigenvalue weighted by molar-refractivity contribution is -0.120. The maximum atomic E-state index is 11.8. The van der Waals surface area contributed by atoms with Crippen LogP contribution < -0.4 is 10.6 Å². The molecule has 2 aromatic rings. The number of hydrogen-bond donors (Lipinski definition) is 2. The zero-order chi connectivity index (χ0) is 15.1. The number of thiophene rings is 1. The fourth-order valence-electron chi connectivity index (χ4n) is 1.85. The number of nitrogens with one attached hydrogen (secondary N) is 2. The molecule has 0 spiro atoms. The van der Waals surface area contributed by atoms with Crippen molar-refractivity contribution in [1.29, 1.82) is 0 Å². The first kappa shape index (κ1) is 15.3.